The maximum atomic E-state index is 11.5. The average molecular weight is 276 g/mol. The number of ether oxygens (including phenoxy) is 1. The molecule has 0 bridgehead atoms. The number of ketones is 1. The van der Waals surface area contributed by atoms with Crippen LogP contribution >= 0.6 is 0 Å². The molecule has 0 heterocycles. The van der Waals surface area contributed by atoms with Crippen LogP contribution in [-0.2, 0) is 11.2 Å². The number of hydrogen-bond acceptors (Lipinski definition) is 2. The van der Waals surface area contributed by atoms with E-state index in [9.17, 15) is 4.79 Å². The largest absolute Gasteiger partial charge is 0.493 e. The molecule has 0 aliphatic rings. The summed E-state index contributed by atoms with van der Waals surface area (Å²) in [4.78, 5) is 11.5. The van der Waals surface area contributed by atoms with E-state index in [1.807, 2.05) is 26.0 Å². The lowest BCUT2D eigenvalue weighted by molar-refractivity contribution is -0.122. The SMILES string of the molecule is CC(C)COc1cccc(CCCCC(=O)C(C)C)c1. The summed E-state index contributed by atoms with van der Waals surface area (Å²) in [5, 5.41) is 0. The van der Waals surface area contributed by atoms with Crippen LogP contribution in [0.2, 0.25) is 0 Å². The first kappa shape index (κ1) is 16.7. The minimum atomic E-state index is 0.169. The van der Waals surface area contributed by atoms with Crippen molar-refractivity contribution in [1.29, 1.82) is 0 Å². The van der Waals surface area contributed by atoms with Crippen LogP contribution in [0.25, 0.3) is 0 Å². The molecule has 2 nitrogen and oxygen atoms in total. The number of carbonyl (C=O) groups is 1. The zero-order valence-corrected chi connectivity index (χ0v) is 13.3. The maximum absolute atomic E-state index is 11.5. The van der Waals surface area contributed by atoms with Gasteiger partial charge in [-0.25, -0.2) is 0 Å². The quantitative estimate of drug-likeness (QED) is 0.613. The predicted octanol–water partition coefficient (Wildman–Crippen LogP) is 4.66. The van der Waals surface area contributed by atoms with E-state index in [0.717, 1.165) is 31.6 Å². The van der Waals surface area contributed by atoms with Crippen LogP contribution in [0.15, 0.2) is 24.3 Å². The van der Waals surface area contributed by atoms with Crippen LogP contribution in [0.1, 0.15) is 52.5 Å². The zero-order valence-electron chi connectivity index (χ0n) is 13.3. The fourth-order valence-corrected chi connectivity index (χ4v) is 1.97. The summed E-state index contributed by atoms with van der Waals surface area (Å²) in [5.41, 5.74) is 1.29. The van der Waals surface area contributed by atoms with Crippen molar-refractivity contribution >= 4 is 5.78 Å². The second-order valence-corrected chi connectivity index (χ2v) is 6.18. The standard InChI is InChI=1S/C18H28O2/c1-14(2)13-20-17-10-7-9-16(12-17)8-5-6-11-18(19)15(3)4/h7,9-10,12,14-15H,5-6,8,11,13H2,1-4H3. The van der Waals surface area contributed by atoms with Crippen molar-refractivity contribution in [2.24, 2.45) is 11.8 Å². The van der Waals surface area contributed by atoms with Crippen LogP contribution in [0.5, 0.6) is 5.75 Å². The monoisotopic (exact) mass is 276 g/mol. The van der Waals surface area contributed by atoms with Crippen molar-refractivity contribution in [3.05, 3.63) is 29.8 Å². The predicted molar refractivity (Wildman–Crippen MR) is 84.2 cm³/mol. The first-order valence-corrected chi connectivity index (χ1v) is 7.73. The Bertz CT molecular complexity index is 408. The van der Waals surface area contributed by atoms with Gasteiger partial charge in [-0.2, -0.15) is 0 Å². The highest BCUT2D eigenvalue weighted by Gasteiger charge is 2.06. The summed E-state index contributed by atoms with van der Waals surface area (Å²) in [5.74, 6) is 2.04. The van der Waals surface area contributed by atoms with Crippen molar-refractivity contribution in [1.82, 2.24) is 0 Å². The van der Waals surface area contributed by atoms with E-state index >= 15 is 0 Å². The van der Waals surface area contributed by atoms with Crippen molar-refractivity contribution < 1.29 is 9.53 Å². The third-order valence-corrected chi connectivity index (χ3v) is 3.26. The highest BCUT2D eigenvalue weighted by atomic mass is 16.5. The third-order valence-electron chi connectivity index (χ3n) is 3.26. The van der Waals surface area contributed by atoms with E-state index in [4.69, 9.17) is 4.74 Å². The zero-order chi connectivity index (χ0) is 15.0. The lowest BCUT2D eigenvalue weighted by Crippen LogP contribution is -2.06. The summed E-state index contributed by atoms with van der Waals surface area (Å²) < 4.78 is 5.73. The molecule has 0 radical (unpaired) electrons. The van der Waals surface area contributed by atoms with Gasteiger partial charge in [0.05, 0.1) is 6.61 Å². The van der Waals surface area contributed by atoms with Gasteiger partial charge in [0.1, 0.15) is 11.5 Å². The minimum absolute atomic E-state index is 0.169. The summed E-state index contributed by atoms with van der Waals surface area (Å²) >= 11 is 0. The average Bonchev–Trinajstić information content (AvgIpc) is 2.41. The molecule has 0 aliphatic heterocycles. The number of rotatable bonds is 9. The number of carbonyl (C=O) groups excluding carboxylic acids is 1. The van der Waals surface area contributed by atoms with Crippen LogP contribution in [-0.4, -0.2) is 12.4 Å². The molecule has 0 fully saturated rings. The highest BCUT2D eigenvalue weighted by molar-refractivity contribution is 5.80. The van der Waals surface area contributed by atoms with Crippen molar-refractivity contribution in [3.8, 4) is 5.75 Å². The van der Waals surface area contributed by atoms with Crippen LogP contribution in [0.4, 0.5) is 0 Å². The van der Waals surface area contributed by atoms with Crippen LogP contribution < -0.4 is 4.74 Å². The molecule has 0 N–H and O–H groups in total. The maximum Gasteiger partial charge on any atom is 0.135 e. The normalized spacial score (nSPS) is 11.1. The number of unbranched alkanes of at least 4 members (excludes halogenated alkanes) is 1. The molecule has 1 aromatic carbocycles. The highest BCUT2D eigenvalue weighted by Crippen LogP contribution is 2.16. The van der Waals surface area contributed by atoms with Gasteiger partial charge in [-0.1, -0.05) is 39.8 Å². The molecule has 1 aromatic rings. The van der Waals surface area contributed by atoms with Gasteiger partial charge in [0, 0.05) is 12.3 Å². The Kier molecular flexibility index (Phi) is 7.35. The molecule has 0 aliphatic carbocycles. The smallest absolute Gasteiger partial charge is 0.135 e. The Labute approximate surface area is 123 Å². The Morgan fingerprint density at radius 1 is 1.15 bits per heavy atom. The van der Waals surface area contributed by atoms with E-state index in [2.05, 4.69) is 26.0 Å². The summed E-state index contributed by atoms with van der Waals surface area (Å²) in [6, 6.07) is 8.30. The molecule has 1 rings (SSSR count). The molecule has 0 unspecified atom stereocenters. The van der Waals surface area contributed by atoms with E-state index < -0.39 is 0 Å². The number of Topliss-reactive ketones (excluding diaryl/α,β-unsaturated/α-hetero) is 1. The summed E-state index contributed by atoms with van der Waals surface area (Å²) in [6.07, 6.45) is 3.77. The van der Waals surface area contributed by atoms with E-state index in [1.165, 1.54) is 5.56 Å². The Morgan fingerprint density at radius 3 is 2.55 bits per heavy atom. The molecule has 0 amide bonds. The summed E-state index contributed by atoms with van der Waals surface area (Å²) in [6.45, 7) is 8.99. The first-order chi connectivity index (χ1) is 9.49. The third kappa shape index (κ3) is 6.74. The molecule has 112 valence electrons. The van der Waals surface area contributed by atoms with Crippen LogP contribution in [0.3, 0.4) is 0 Å². The molecule has 0 spiro atoms. The molecule has 0 saturated carbocycles. The lowest BCUT2D eigenvalue weighted by atomic mass is 10.0. The molecule has 0 saturated heterocycles. The number of hydrogen-bond donors (Lipinski definition) is 0. The molecular formula is C18H28O2. The van der Waals surface area contributed by atoms with Gasteiger partial charge in [-0.05, 0) is 42.9 Å². The molecule has 20 heavy (non-hydrogen) atoms. The van der Waals surface area contributed by atoms with Gasteiger partial charge in [0.15, 0.2) is 0 Å². The molecule has 2 heteroatoms. The van der Waals surface area contributed by atoms with Crippen molar-refractivity contribution in [3.63, 3.8) is 0 Å². The Balaban J connectivity index is 2.33. The summed E-state index contributed by atoms with van der Waals surface area (Å²) in [7, 11) is 0. The first-order valence-electron chi connectivity index (χ1n) is 7.73. The molecule has 0 atom stereocenters. The van der Waals surface area contributed by atoms with Gasteiger partial charge >= 0.3 is 0 Å². The fraction of sp³-hybridized carbons (Fsp3) is 0.611. The van der Waals surface area contributed by atoms with Crippen LogP contribution in [0, 0.1) is 11.8 Å². The topological polar surface area (TPSA) is 26.3 Å². The number of aryl methyl sites for hydroxylation is 1. The Morgan fingerprint density at radius 2 is 1.90 bits per heavy atom. The van der Waals surface area contributed by atoms with Crippen molar-refractivity contribution in [2.45, 2.75) is 53.4 Å². The molecule has 0 aromatic heterocycles. The van der Waals surface area contributed by atoms with Gasteiger partial charge in [0.25, 0.3) is 0 Å². The Hall–Kier alpha value is -1.31. The van der Waals surface area contributed by atoms with Gasteiger partial charge in [0.2, 0.25) is 0 Å². The van der Waals surface area contributed by atoms with E-state index in [0.29, 0.717) is 18.1 Å². The number of benzene rings is 1. The second kappa shape index (κ2) is 8.78. The molecular weight excluding hydrogens is 248 g/mol. The second-order valence-electron chi connectivity index (χ2n) is 6.18. The van der Waals surface area contributed by atoms with Gasteiger partial charge < -0.3 is 4.74 Å². The van der Waals surface area contributed by atoms with Gasteiger partial charge in [-0.3, -0.25) is 4.79 Å². The van der Waals surface area contributed by atoms with Gasteiger partial charge in [-0.15, -0.1) is 0 Å². The van der Waals surface area contributed by atoms with Crippen molar-refractivity contribution in [2.75, 3.05) is 6.61 Å². The fourth-order valence-electron chi connectivity index (χ4n) is 1.97. The lowest BCUT2D eigenvalue weighted by Gasteiger charge is -2.10. The minimum Gasteiger partial charge on any atom is -0.493 e. The van der Waals surface area contributed by atoms with E-state index in [1.54, 1.807) is 0 Å². The van der Waals surface area contributed by atoms with E-state index in [-0.39, 0.29) is 5.92 Å².